The Morgan fingerprint density at radius 2 is 2.04 bits per heavy atom. The van der Waals surface area contributed by atoms with Crippen molar-refractivity contribution >= 4 is 5.91 Å². The summed E-state index contributed by atoms with van der Waals surface area (Å²) in [6, 6.07) is 8.27. The van der Waals surface area contributed by atoms with Gasteiger partial charge in [-0.2, -0.15) is 0 Å². The molecule has 0 atom stereocenters. The Morgan fingerprint density at radius 1 is 1.26 bits per heavy atom. The molecule has 0 unspecified atom stereocenters. The standard InChI is InChI=1S/C19H25N3O/c1-14-12-18(19(23)21-16-8-4-3-5-9-16)15(2)22(14)13-17-10-6-7-11-20-17/h6-7,10-12,16H,3-5,8-9,13H2,1-2H3,(H,21,23). The number of aryl methyl sites for hydroxylation is 1. The van der Waals surface area contributed by atoms with Gasteiger partial charge >= 0.3 is 0 Å². The summed E-state index contributed by atoms with van der Waals surface area (Å²) in [6.45, 7) is 4.77. The van der Waals surface area contributed by atoms with Gasteiger partial charge in [-0.3, -0.25) is 9.78 Å². The Labute approximate surface area is 137 Å². The highest BCUT2D eigenvalue weighted by atomic mass is 16.1. The second kappa shape index (κ2) is 6.99. The molecule has 122 valence electrons. The molecular formula is C19H25N3O. The average Bonchev–Trinajstić information content (AvgIpc) is 2.85. The van der Waals surface area contributed by atoms with E-state index in [0.717, 1.165) is 35.5 Å². The minimum atomic E-state index is 0.0669. The van der Waals surface area contributed by atoms with Crippen molar-refractivity contribution in [2.45, 2.75) is 58.5 Å². The first kappa shape index (κ1) is 15.8. The van der Waals surface area contributed by atoms with E-state index in [-0.39, 0.29) is 5.91 Å². The van der Waals surface area contributed by atoms with E-state index in [1.54, 1.807) is 6.20 Å². The maximum Gasteiger partial charge on any atom is 0.253 e. The number of hydrogen-bond acceptors (Lipinski definition) is 2. The number of amides is 1. The molecule has 0 radical (unpaired) electrons. The van der Waals surface area contributed by atoms with Gasteiger partial charge in [-0.25, -0.2) is 0 Å². The van der Waals surface area contributed by atoms with Crippen molar-refractivity contribution in [3.8, 4) is 0 Å². The number of nitrogens with one attached hydrogen (secondary N) is 1. The Hall–Kier alpha value is -2.10. The lowest BCUT2D eigenvalue weighted by molar-refractivity contribution is 0.0927. The molecule has 3 rings (SSSR count). The number of carbonyl (C=O) groups is 1. The summed E-state index contributed by atoms with van der Waals surface area (Å²) < 4.78 is 2.16. The molecule has 0 saturated heterocycles. The molecular weight excluding hydrogens is 286 g/mol. The van der Waals surface area contributed by atoms with Crippen LogP contribution in [0.15, 0.2) is 30.5 Å². The number of nitrogens with zero attached hydrogens (tertiary/aromatic N) is 2. The molecule has 0 aliphatic heterocycles. The maximum atomic E-state index is 12.6. The minimum absolute atomic E-state index is 0.0669. The monoisotopic (exact) mass is 311 g/mol. The molecule has 2 aromatic heterocycles. The lowest BCUT2D eigenvalue weighted by Crippen LogP contribution is -2.36. The first-order chi connectivity index (χ1) is 11.1. The Bertz CT molecular complexity index is 669. The van der Waals surface area contributed by atoms with Crippen LogP contribution in [0.1, 0.15) is 59.5 Å². The van der Waals surface area contributed by atoms with Crippen LogP contribution < -0.4 is 5.32 Å². The summed E-state index contributed by atoms with van der Waals surface area (Å²) >= 11 is 0. The maximum absolute atomic E-state index is 12.6. The molecule has 0 aromatic carbocycles. The molecule has 0 bridgehead atoms. The molecule has 1 amide bonds. The van der Waals surface area contributed by atoms with Gasteiger partial charge in [-0.1, -0.05) is 25.3 Å². The molecule has 1 N–H and O–H groups in total. The summed E-state index contributed by atoms with van der Waals surface area (Å²) in [6.07, 6.45) is 7.77. The van der Waals surface area contributed by atoms with Gasteiger partial charge in [0.1, 0.15) is 0 Å². The van der Waals surface area contributed by atoms with Crippen molar-refractivity contribution in [3.05, 3.63) is 53.1 Å². The van der Waals surface area contributed by atoms with Crippen LogP contribution in [-0.4, -0.2) is 21.5 Å². The molecule has 4 heteroatoms. The molecule has 1 aliphatic carbocycles. The largest absolute Gasteiger partial charge is 0.349 e. The molecule has 4 nitrogen and oxygen atoms in total. The van der Waals surface area contributed by atoms with E-state index in [0.29, 0.717) is 12.6 Å². The van der Waals surface area contributed by atoms with E-state index in [1.165, 1.54) is 19.3 Å². The summed E-state index contributed by atoms with van der Waals surface area (Å²) in [5, 5.41) is 3.21. The highest BCUT2D eigenvalue weighted by Gasteiger charge is 2.20. The second-order valence-corrected chi connectivity index (χ2v) is 6.50. The number of carbonyl (C=O) groups excluding carboxylic acids is 1. The topological polar surface area (TPSA) is 46.9 Å². The van der Waals surface area contributed by atoms with Crippen LogP contribution in [0.5, 0.6) is 0 Å². The van der Waals surface area contributed by atoms with E-state index in [4.69, 9.17) is 0 Å². The summed E-state index contributed by atoms with van der Waals surface area (Å²) in [5.41, 5.74) is 3.92. The van der Waals surface area contributed by atoms with Gasteiger partial charge in [-0.05, 0) is 44.9 Å². The van der Waals surface area contributed by atoms with E-state index < -0.39 is 0 Å². The van der Waals surface area contributed by atoms with Gasteiger partial charge in [0.05, 0.1) is 17.8 Å². The van der Waals surface area contributed by atoms with Gasteiger partial charge in [0, 0.05) is 23.6 Å². The van der Waals surface area contributed by atoms with Crippen LogP contribution in [0.4, 0.5) is 0 Å². The summed E-state index contributed by atoms with van der Waals surface area (Å²) in [7, 11) is 0. The number of hydrogen-bond donors (Lipinski definition) is 1. The van der Waals surface area contributed by atoms with Crippen molar-refractivity contribution < 1.29 is 4.79 Å². The van der Waals surface area contributed by atoms with Gasteiger partial charge in [-0.15, -0.1) is 0 Å². The normalized spacial score (nSPS) is 15.6. The third-order valence-corrected chi connectivity index (χ3v) is 4.80. The number of pyridine rings is 1. The minimum Gasteiger partial charge on any atom is -0.349 e. The summed E-state index contributed by atoms with van der Waals surface area (Å²) in [4.78, 5) is 17.0. The van der Waals surface area contributed by atoms with Gasteiger partial charge in [0.25, 0.3) is 5.91 Å². The van der Waals surface area contributed by atoms with Crippen LogP contribution in [0.2, 0.25) is 0 Å². The predicted molar refractivity (Wildman–Crippen MR) is 91.6 cm³/mol. The predicted octanol–water partition coefficient (Wildman–Crippen LogP) is 3.61. The van der Waals surface area contributed by atoms with Crippen molar-refractivity contribution in [3.63, 3.8) is 0 Å². The Balaban J connectivity index is 1.75. The van der Waals surface area contributed by atoms with Crippen LogP contribution in [0.3, 0.4) is 0 Å². The van der Waals surface area contributed by atoms with E-state index >= 15 is 0 Å². The number of rotatable bonds is 4. The molecule has 23 heavy (non-hydrogen) atoms. The third-order valence-electron chi connectivity index (χ3n) is 4.80. The Kier molecular flexibility index (Phi) is 4.79. The van der Waals surface area contributed by atoms with Gasteiger partial charge in [0.15, 0.2) is 0 Å². The molecule has 0 spiro atoms. The SMILES string of the molecule is Cc1cc(C(=O)NC2CCCCC2)c(C)n1Cc1ccccn1. The van der Waals surface area contributed by atoms with Crippen molar-refractivity contribution in [1.29, 1.82) is 0 Å². The highest BCUT2D eigenvalue weighted by Crippen LogP contribution is 2.20. The van der Waals surface area contributed by atoms with Crippen LogP contribution in [0.25, 0.3) is 0 Å². The van der Waals surface area contributed by atoms with E-state index in [9.17, 15) is 4.79 Å². The van der Waals surface area contributed by atoms with Gasteiger partial charge < -0.3 is 9.88 Å². The quantitative estimate of drug-likeness (QED) is 0.937. The zero-order valence-corrected chi connectivity index (χ0v) is 14.0. The van der Waals surface area contributed by atoms with Crippen LogP contribution in [0, 0.1) is 13.8 Å². The first-order valence-electron chi connectivity index (χ1n) is 8.52. The summed E-state index contributed by atoms with van der Waals surface area (Å²) in [5.74, 6) is 0.0669. The van der Waals surface area contributed by atoms with Crippen LogP contribution >= 0.6 is 0 Å². The van der Waals surface area contributed by atoms with Crippen molar-refractivity contribution in [1.82, 2.24) is 14.9 Å². The number of aromatic nitrogens is 2. The fraction of sp³-hybridized carbons (Fsp3) is 0.474. The molecule has 2 aromatic rings. The third kappa shape index (κ3) is 3.63. The zero-order valence-electron chi connectivity index (χ0n) is 14.0. The lowest BCUT2D eigenvalue weighted by atomic mass is 9.95. The highest BCUT2D eigenvalue weighted by molar-refractivity contribution is 5.95. The molecule has 2 heterocycles. The van der Waals surface area contributed by atoms with E-state index in [2.05, 4.69) is 14.9 Å². The average molecular weight is 311 g/mol. The Morgan fingerprint density at radius 3 is 2.74 bits per heavy atom. The fourth-order valence-corrected chi connectivity index (χ4v) is 3.44. The van der Waals surface area contributed by atoms with Crippen molar-refractivity contribution in [2.24, 2.45) is 0 Å². The smallest absolute Gasteiger partial charge is 0.253 e. The van der Waals surface area contributed by atoms with Gasteiger partial charge in [0.2, 0.25) is 0 Å². The zero-order chi connectivity index (χ0) is 16.2. The molecule has 1 saturated carbocycles. The lowest BCUT2D eigenvalue weighted by Gasteiger charge is -2.22. The van der Waals surface area contributed by atoms with Crippen LogP contribution in [-0.2, 0) is 6.54 Å². The molecule has 1 fully saturated rings. The van der Waals surface area contributed by atoms with E-state index in [1.807, 2.05) is 38.1 Å². The van der Waals surface area contributed by atoms with Crippen molar-refractivity contribution in [2.75, 3.05) is 0 Å². The second-order valence-electron chi connectivity index (χ2n) is 6.50. The first-order valence-corrected chi connectivity index (χ1v) is 8.52. The molecule has 1 aliphatic rings. The fourth-order valence-electron chi connectivity index (χ4n) is 3.44.